The van der Waals surface area contributed by atoms with Gasteiger partial charge in [-0.1, -0.05) is 48.5 Å². The summed E-state index contributed by atoms with van der Waals surface area (Å²) >= 11 is 0. The van der Waals surface area contributed by atoms with Gasteiger partial charge in [0.2, 0.25) is 0 Å². The van der Waals surface area contributed by atoms with Gasteiger partial charge >= 0.3 is 0 Å². The Bertz CT molecular complexity index is 794. The van der Waals surface area contributed by atoms with Crippen LogP contribution in [0, 0.1) is 0 Å². The van der Waals surface area contributed by atoms with Crippen molar-refractivity contribution >= 4 is 10.8 Å². The van der Waals surface area contributed by atoms with E-state index in [-0.39, 0.29) is 0 Å². The predicted molar refractivity (Wildman–Crippen MR) is 86.4 cm³/mol. The minimum absolute atomic E-state index is 0.365. The Balaban J connectivity index is 1.84. The lowest BCUT2D eigenvalue weighted by atomic mass is 9.87. The molecule has 1 aromatic heterocycles. The fraction of sp³-hybridized carbons (Fsp3) is 0.211. The highest BCUT2D eigenvalue weighted by Gasteiger charge is 2.25. The summed E-state index contributed by atoms with van der Waals surface area (Å²) in [5.74, 6) is 0.365. The highest BCUT2D eigenvalue weighted by atomic mass is 15.1. The van der Waals surface area contributed by atoms with Crippen LogP contribution in [-0.2, 0) is 6.54 Å². The van der Waals surface area contributed by atoms with Gasteiger partial charge in [-0.05, 0) is 29.6 Å². The third-order valence-corrected chi connectivity index (χ3v) is 4.37. The zero-order chi connectivity index (χ0) is 14.2. The second-order valence-corrected chi connectivity index (χ2v) is 5.90. The molecule has 0 unspecified atom stereocenters. The molecule has 1 atom stereocenters. The first-order valence-corrected chi connectivity index (χ1v) is 7.42. The van der Waals surface area contributed by atoms with Gasteiger partial charge in [-0.15, -0.1) is 0 Å². The van der Waals surface area contributed by atoms with E-state index in [0.717, 1.165) is 13.1 Å². The van der Waals surface area contributed by atoms with Crippen molar-refractivity contribution in [1.82, 2.24) is 9.88 Å². The minimum atomic E-state index is 0.365. The predicted octanol–water partition coefficient (Wildman–Crippen LogP) is 3.81. The van der Waals surface area contributed by atoms with E-state index in [0.29, 0.717) is 5.92 Å². The molecule has 0 spiro atoms. The Kier molecular flexibility index (Phi) is 2.97. The molecule has 2 nitrogen and oxygen atoms in total. The van der Waals surface area contributed by atoms with Gasteiger partial charge in [0.15, 0.2) is 0 Å². The topological polar surface area (TPSA) is 16.1 Å². The number of likely N-dealkylation sites (N-methyl/N-ethyl adjacent to an activating group) is 1. The molecule has 0 bridgehead atoms. The first-order chi connectivity index (χ1) is 10.3. The molecule has 2 heteroatoms. The maximum absolute atomic E-state index is 4.74. The van der Waals surface area contributed by atoms with Crippen LogP contribution in [0.2, 0.25) is 0 Å². The highest BCUT2D eigenvalue weighted by molar-refractivity contribution is 5.82. The summed E-state index contributed by atoms with van der Waals surface area (Å²) in [4.78, 5) is 7.12. The summed E-state index contributed by atoms with van der Waals surface area (Å²) in [5, 5.41) is 2.48. The molecule has 0 fully saturated rings. The quantitative estimate of drug-likeness (QED) is 0.671. The summed E-state index contributed by atoms with van der Waals surface area (Å²) in [7, 11) is 2.18. The second kappa shape index (κ2) is 4.97. The minimum Gasteiger partial charge on any atom is -0.301 e. The van der Waals surface area contributed by atoms with Gasteiger partial charge in [0, 0.05) is 36.3 Å². The normalized spacial score (nSPS) is 18.6. The molecule has 104 valence electrons. The average Bonchev–Trinajstić information content (AvgIpc) is 2.53. The Morgan fingerprint density at radius 1 is 1.00 bits per heavy atom. The van der Waals surface area contributed by atoms with Crippen LogP contribution in [0.25, 0.3) is 10.8 Å². The first-order valence-electron chi connectivity index (χ1n) is 7.42. The van der Waals surface area contributed by atoms with Gasteiger partial charge in [-0.2, -0.15) is 0 Å². The summed E-state index contributed by atoms with van der Waals surface area (Å²) < 4.78 is 0. The van der Waals surface area contributed by atoms with Crippen molar-refractivity contribution in [1.29, 1.82) is 0 Å². The molecule has 3 aromatic rings. The number of hydrogen-bond donors (Lipinski definition) is 0. The summed E-state index contributed by atoms with van der Waals surface area (Å²) in [6.07, 6.45) is 2.00. The van der Waals surface area contributed by atoms with Crippen molar-refractivity contribution in [3.8, 4) is 0 Å². The molecular formula is C19H18N2. The Labute approximate surface area is 125 Å². The van der Waals surface area contributed by atoms with Crippen LogP contribution < -0.4 is 0 Å². The molecule has 21 heavy (non-hydrogen) atoms. The number of rotatable bonds is 1. The molecule has 0 aliphatic carbocycles. The van der Waals surface area contributed by atoms with Crippen LogP contribution in [0.4, 0.5) is 0 Å². The van der Waals surface area contributed by atoms with Crippen LogP contribution in [0.1, 0.15) is 22.7 Å². The molecule has 4 rings (SSSR count). The van der Waals surface area contributed by atoms with E-state index in [1.165, 1.54) is 27.6 Å². The van der Waals surface area contributed by atoms with Crippen LogP contribution in [0.3, 0.4) is 0 Å². The molecule has 0 N–H and O–H groups in total. The molecule has 2 heterocycles. The zero-order valence-corrected chi connectivity index (χ0v) is 12.2. The van der Waals surface area contributed by atoms with Crippen molar-refractivity contribution in [2.24, 2.45) is 0 Å². The van der Waals surface area contributed by atoms with Crippen LogP contribution in [-0.4, -0.2) is 23.5 Å². The molecule has 1 aliphatic heterocycles. The van der Waals surface area contributed by atoms with Crippen LogP contribution in [0.5, 0.6) is 0 Å². The lowest BCUT2D eigenvalue weighted by Gasteiger charge is -2.32. The molecule has 1 aliphatic rings. The van der Waals surface area contributed by atoms with E-state index < -0.39 is 0 Å². The number of hydrogen-bond acceptors (Lipinski definition) is 2. The van der Waals surface area contributed by atoms with E-state index in [4.69, 9.17) is 4.98 Å². The average molecular weight is 274 g/mol. The monoisotopic (exact) mass is 274 g/mol. The van der Waals surface area contributed by atoms with E-state index in [1.54, 1.807) is 0 Å². The lowest BCUT2D eigenvalue weighted by molar-refractivity contribution is 0.293. The van der Waals surface area contributed by atoms with Gasteiger partial charge in [0.1, 0.15) is 0 Å². The second-order valence-electron chi connectivity index (χ2n) is 5.90. The SMILES string of the molecule is CN1Cc2ccccc2[C@@H](c2cc3ccccc3cn2)C1. The summed E-state index contributed by atoms with van der Waals surface area (Å²) in [6.45, 7) is 2.06. The number of nitrogens with zero attached hydrogens (tertiary/aromatic N) is 2. The van der Waals surface area contributed by atoms with E-state index in [1.807, 2.05) is 6.20 Å². The third-order valence-electron chi connectivity index (χ3n) is 4.37. The molecule has 0 saturated carbocycles. The van der Waals surface area contributed by atoms with Crippen molar-refractivity contribution < 1.29 is 0 Å². The Morgan fingerprint density at radius 2 is 1.76 bits per heavy atom. The Morgan fingerprint density at radius 3 is 2.67 bits per heavy atom. The molecular weight excluding hydrogens is 256 g/mol. The zero-order valence-electron chi connectivity index (χ0n) is 12.2. The van der Waals surface area contributed by atoms with Gasteiger partial charge in [0.05, 0.1) is 0 Å². The van der Waals surface area contributed by atoms with Crippen LogP contribution in [0.15, 0.2) is 60.8 Å². The van der Waals surface area contributed by atoms with Crippen molar-refractivity contribution in [3.63, 3.8) is 0 Å². The number of benzene rings is 2. The van der Waals surface area contributed by atoms with Crippen LogP contribution >= 0.6 is 0 Å². The largest absolute Gasteiger partial charge is 0.301 e. The smallest absolute Gasteiger partial charge is 0.0497 e. The molecule has 0 radical (unpaired) electrons. The lowest BCUT2D eigenvalue weighted by Crippen LogP contribution is -2.31. The maximum Gasteiger partial charge on any atom is 0.0497 e. The number of fused-ring (bicyclic) bond motifs is 2. The fourth-order valence-corrected chi connectivity index (χ4v) is 3.33. The van der Waals surface area contributed by atoms with E-state index in [2.05, 4.69) is 66.5 Å². The van der Waals surface area contributed by atoms with Gasteiger partial charge in [0.25, 0.3) is 0 Å². The summed E-state index contributed by atoms with van der Waals surface area (Å²) in [6, 6.07) is 19.4. The van der Waals surface area contributed by atoms with E-state index in [9.17, 15) is 0 Å². The molecule has 2 aromatic carbocycles. The maximum atomic E-state index is 4.74. The van der Waals surface area contributed by atoms with Gasteiger partial charge in [-0.25, -0.2) is 0 Å². The molecule has 0 saturated heterocycles. The van der Waals surface area contributed by atoms with Crippen molar-refractivity contribution in [2.75, 3.05) is 13.6 Å². The van der Waals surface area contributed by atoms with E-state index >= 15 is 0 Å². The Hall–Kier alpha value is -2.19. The number of aromatic nitrogens is 1. The van der Waals surface area contributed by atoms with Crippen molar-refractivity contribution in [2.45, 2.75) is 12.5 Å². The van der Waals surface area contributed by atoms with Crippen molar-refractivity contribution in [3.05, 3.63) is 77.6 Å². The van der Waals surface area contributed by atoms with Gasteiger partial charge in [-0.3, -0.25) is 4.98 Å². The molecule has 0 amide bonds. The standard InChI is InChI=1S/C19H18N2/c1-21-12-16-8-4-5-9-17(16)18(13-21)19-10-14-6-2-3-7-15(14)11-20-19/h2-11,18H,12-13H2,1H3/t18-/m0/s1. The number of pyridine rings is 1. The first kappa shape index (κ1) is 12.5. The third kappa shape index (κ3) is 2.22. The van der Waals surface area contributed by atoms with Gasteiger partial charge < -0.3 is 4.90 Å². The summed E-state index contributed by atoms with van der Waals surface area (Å²) in [5.41, 5.74) is 4.03. The highest BCUT2D eigenvalue weighted by Crippen LogP contribution is 2.32. The fourth-order valence-electron chi connectivity index (χ4n) is 3.33.